The van der Waals surface area contributed by atoms with Gasteiger partial charge in [-0.3, -0.25) is 19.3 Å². The van der Waals surface area contributed by atoms with Gasteiger partial charge in [-0.05, 0) is 50.2 Å². The van der Waals surface area contributed by atoms with Crippen molar-refractivity contribution in [2.24, 2.45) is 0 Å². The van der Waals surface area contributed by atoms with Crippen LogP contribution in [0.1, 0.15) is 37.0 Å². The molecule has 0 aliphatic carbocycles. The molecule has 0 saturated carbocycles. The number of anilines is 1. The number of nitrogens with zero attached hydrogens (tertiary/aromatic N) is 3. The third-order valence-corrected chi connectivity index (χ3v) is 6.71. The molecule has 2 amide bonds. The molecule has 1 aromatic heterocycles. The van der Waals surface area contributed by atoms with Crippen LogP contribution in [0.15, 0.2) is 48.5 Å². The Morgan fingerprint density at radius 3 is 2.53 bits per heavy atom. The third-order valence-electron chi connectivity index (χ3n) is 6.40. The van der Waals surface area contributed by atoms with Crippen molar-refractivity contribution in [3.05, 3.63) is 59.1 Å². The van der Waals surface area contributed by atoms with Gasteiger partial charge in [0, 0.05) is 61.2 Å². The van der Waals surface area contributed by atoms with E-state index in [1.165, 1.54) is 6.92 Å². The molecule has 2 aromatic carbocycles. The van der Waals surface area contributed by atoms with Crippen LogP contribution in [0.25, 0.3) is 22.2 Å². The highest BCUT2D eigenvalue weighted by molar-refractivity contribution is 6.35. The number of pyridine rings is 1. The van der Waals surface area contributed by atoms with Crippen molar-refractivity contribution in [1.29, 1.82) is 0 Å². The molecule has 2 N–H and O–H groups in total. The molecule has 4 rings (SSSR count). The van der Waals surface area contributed by atoms with E-state index in [0.29, 0.717) is 60.1 Å². The van der Waals surface area contributed by atoms with Gasteiger partial charge in [0.15, 0.2) is 0 Å². The van der Waals surface area contributed by atoms with Crippen LogP contribution >= 0.6 is 11.6 Å². The predicted molar refractivity (Wildman–Crippen MR) is 140 cm³/mol. The molecule has 0 spiro atoms. The molecule has 188 valence electrons. The average Bonchev–Trinajstić information content (AvgIpc) is 2.84. The van der Waals surface area contributed by atoms with Crippen molar-refractivity contribution in [2.75, 3.05) is 31.5 Å². The molecule has 1 atom stereocenters. The monoisotopic (exact) mass is 508 g/mol. The number of carboxylic acid groups (broad SMARTS) is 1. The summed E-state index contributed by atoms with van der Waals surface area (Å²) in [6.07, 6.45) is 0.753. The van der Waals surface area contributed by atoms with E-state index in [0.717, 1.165) is 10.9 Å². The molecule has 0 unspecified atom stereocenters. The number of piperazine rings is 1. The Morgan fingerprint density at radius 2 is 1.86 bits per heavy atom. The van der Waals surface area contributed by atoms with Gasteiger partial charge in [-0.15, -0.1) is 0 Å². The third kappa shape index (κ3) is 6.01. The van der Waals surface area contributed by atoms with Crippen LogP contribution in [0.2, 0.25) is 5.02 Å². The number of hydrogen-bond acceptors (Lipinski definition) is 5. The molecular weight excluding hydrogens is 480 g/mol. The summed E-state index contributed by atoms with van der Waals surface area (Å²) in [4.78, 5) is 44.2. The molecular formula is C27H29ClN4O4. The summed E-state index contributed by atoms with van der Waals surface area (Å²) in [6, 6.07) is 14.7. The number of rotatable bonds is 7. The quantitative estimate of drug-likeness (QED) is 0.486. The summed E-state index contributed by atoms with van der Waals surface area (Å²) >= 11 is 6.55. The topological polar surface area (TPSA) is 103 Å². The average molecular weight is 509 g/mol. The van der Waals surface area contributed by atoms with Crippen LogP contribution in [-0.2, 0) is 9.59 Å². The number of carboxylic acids is 1. The highest BCUT2D eigenvalue weighted by Gasteiger charge is 2.27. The highest BCUT2D eigenvalue weighted by Crippen LogP contribution is 2.30. The first kappa shape index (κ1) is 25.6. The largest absolute Gasteiger partial charge is 0.481 e. The van der Waals surface area contributed by atoms with Gasteiger partial charge in [-0.1, -0.05) is 29.8 Å². The number of aliphatic carboxylic acids is 1. The molecule has 1 saturated heterocycles. The smallest absolute Gasteiger partial charge is 0.303 e. The lowest BCUT2D eigenvalue weighted by atomic mass is 10.1. The fourth-order valence-corrected chi connectivity index (χ4v) is 4.79. The van der Waals surface area contributed by atoms with Crippen LogP contribution in [-0.4, -0.2) is 69.9 Å². The van der Waals surface area contributed by atoms with Gasteiger partial charge in [0.05, 0.1) is 16.2 Å². The summed E-state index contributed by atoms with van der Waals surface area (Å²) in [6.45, 7) is 6.11. The molecule has 1 aliphatic rings. The van der Waals surface area contributed by atoms with E-state index in [1.807, 2.05) is 23.1 Å². The van der Waals surface area contributed by atoms with Gasteiger partial charge in [0.1, 0.15) is 0 Å². The van der Waals surface area contributed by atoms with Crippen molar-refractivity contribution < 1.29 is 19.5 Å². The second-order valence-corrected chi connectivity index (χ2v) is 9.52. The Kier molecular flexibility index (Phi) is 7.86. The fraction of sp³-hybridized carbons (Fsp3) is 0.333. The van der Waals surface area contributed by atoms with Crippen molar-refractivity contribution in [3.63, 3.8) is 0 Å². The van der Waals surface area contributed by atoms with Gasteiger partial charge in [0.2, 0.25) is 5.91 Å². The summed E-state index contributed by atoms with van der Waals surface area (Å²) in [7, 11) is 0. The van der Waals surface area contributed by atoms with E-state index in [-0.39, 0.29) is 24.3 Å². The molecule has 1 fully saturated rings. The first-order chi connectivity index (χ1) is 17.2. The minimum atomic E-state index is -0.786. The predicted octanol–water partition coefficient (Wildman–Crippen LogP) is 4.52. The van der Waals surface area contributed by atoms with Crippen LogP contribution < -0.4 is 5.32 Å². The highest BCUT2D eigenvalue weighted by atomic mass is 35.5. The molecule has 3 aromatic rings. The number of hydrogen-bond donors (Lipinski definition) is 2. The maximum absolute atomic E-state index is 13.3. The summed E-state index contributed by atoms with van der Waals surface area (Å²) < 4.78 is 0. The Labute approximate surface area is 214 Å². The lowest BCUT2D eigenvalue weighted by molar-refractivity contribution is -0.137. The van der Waals surface area contributed by atoms with Crippen molar-refractivity contribution in [2.45, 2.75) is 32.7 Å². The van der Waals surface area contributed by atoms with Crippen molar-refractivity contribution in [3.8, 4) is 11.3 Å². The van der Waals surface area contributed by atoms with Gasteiger partial charge in [0.25, 0.3) is 5.91 Å². The van der Waals surface area contributed by atoms with Gasteiger partial charge in [-0.2, -0.15) is 0 Å². The van der Waals surface area contributed by atoms with Crippen molar-refractivity contribution in [1.82, 2.24) is 14.8 Å². The zero-order valence-electron chi connectivity index (χ0n) is 20.3. The minimum Gasteiger partial charge on any atom is -0.481 e. The Bertz CT molecular complexity index is 1290. The van der Waals surface area contributed by atoms with Gasteiger partial charge < -0.3 is 15.3 Å². The van der Waals surface area contributed by atoms with Crippen LogP contribution in [0, 0.1) is 0 Å². The zero-order valence-corrected chi connectivity index (χ0v) is 21.1. The Balaban J connectivity index is 1.51. The molecule has 36 heavy (non-hydrogen) atoms. The fourth-order valence-electron chi connectivity index (χ4n) is 4.52. The second-order valence-electron chi connectivity index (χ2n) is 9.11. The molecule has 8 nitrogen and oxygen atoms in total. The number of nitrogens with one attached hydrogen (secondary N) is 1. The first-order valence-electron chi connectivity index (χ1n) is 11.9. The summed E-state index contributed by atoms with van der Waals surface area (Å²) in [5.41, 5.74) is 3.40. The van der Waals surface area contributed by atoms with Gasteiger partial charge >= 0.3 is 5.97 Å². The zero-order chi connectivity index (χ0) is 25.8. The van der Waals surface area contributed by atoms with E-state index in [9.17, 15) is 14.4 Å². The number of amides is 2. The number of carbonyl (C=O) groups is 3. The van der Waals surface area contributed by atoms with Crippen molar-refractivity contribution >= 4 is 46.0 Å². The number of halogens is 1. The second kappa shape index (κ2) is 11.1. The molecule has 1 aliphatic heterocycles. The number of aromatic nitrogens is 1. The Morgan fingerprint density at radius 1 is 1.11 bits per heavy atom. The lowest BCUT2D eigenvalue weighted by Gasteiger charge is -2.40. The number of carbonyl (C=O) groups excluding carboxylic acids is 2. The van der Waals surface area contributed by atoms with E-state index in [2.05, 4.69) is 17.1 Å². The standard InChI is InChI=1S/C27H29ClN4O4/c1-17-16-32(13-12-31(17)11-3-4-26(34)35)27(36)20-7-10-22-23(28)15-24(30-25(22)14-20)19-5-8-21(9-6-19)29-18(2)33/h5-10,14-15,17H,3-4,11-13,16H2,1-2H3,(H,29,33)(H,34,35)/t17-/m1/s1. The minimum absolute atomic E-state index is 0.0584. The first-order valence-corrected chi connectivity index (χ1v) is 12.3. The summed E-state index contributed by atoms with van der Waals surface area (Å²) in [5, 5.41) is 12.9. The lowest BCUT2D eigenvalue weighted by Crippen LogP contribution is -2.53. The van der Waals surface area contributed by atoms with E-state index < -0.39 is 5.97 Å². The molecule has 0 radical (unpaired) electrons. The molecule has 2 heterocycles. The van der Waals surface area contributed by atoms with Crippen LogP contribution in [0.5, 0.6) is 0 Å². The van der Waals surface area contributed by atoms with E-state index in [4.69, 9.17) is 21.7 Å². The number of fused-ring (bicyclic) bond motifs is 1. The van der Waals surface area contributed by atoms with Crippen LogP contribution in [0.4, 0.5) is 5.69 Å². The molecule has 0 bridgehead atoms. The van der Waals surface area contributed by atoms with Crippen LogP contribution in [0.3, 0.4) is 0 Å². The number of benzene rings is 2. The molecule has 9 heteroatoms. The van der Waals surface area contributed by atoms with E-state index in [1.54, 1.807) is 30.3 Å². The van der Waals surface area contributed by atoms with E-state index >= 15 is 0 Å². The normalized spacial score (nSPS) is 16.2. The SMILES string of the molecule is CC(=O)Nc1ccc(-c2cc(Cl)c3ccc(C(=O)N4CCN(CCCC(=O)O)[C@H](C)C4)cc3n2)cc1. The maximum Gasteiger partial charge on any atom is 0.303 e. The summed E-state index contributed by atoms with van der Waals surface area (Å²) in [5.74, 6) is -0.982. The van der Waals surface area contributed by atoms with Gasteiger partial charge in [-0.25, -0.2) is 4.98 Å². The Hall–Kier alpha value is -3.49. The maximum atomic E-state index is 13.3.